The summed E-state index contributed by atoms with van der Waals surface area (Å²) in [5.74, 6) is -0.943. The summed E-state index contributed by atoms with van der Waals surface area (Å²) in [6.45, 7) is 1.41. The molecule has 12 heteroatoms. The minimum Gasteiger partial charge on any atom is -0.468 e. The highest BCUT2D eigenvalue weighted by Crippen LogP contribution is 2.24. The molecular weight excluding hydrogens is 431 g/mol. The third-order valence-corrected chi connectivity index (χ3v) is 5.36. The Morgan fingerprint density at radius 3 is 2.74 bits per heavy atom. The molecule has 0 bridgehead atoms. The Kier molecular flexibility index (Phi) is 5.13. The Balaban J connectivity index is 1.94. The van der Waals surface area contributed by atoms with Crippen LogP contribution in [0.15, 0.2) is 32.9 Å². The van der Waals surface area contributed by atoms with Gasteiger partial charge in [-0.1, -0.05) is 17.7 Å². The lowest BCUT2D eigenvalue weighted by Gasteiger charge is -2.23. The van der Waals surface area contributed by atoms with Crippen LogP contribution in [0.4, 0.5) is 10.3 Å². The normalized spacial score (nSPS) is 13.3. The zero-order valence-electron chi connectivity index (χ0n) is 16.9. The van der Waals surface area contributed by atoms with Gasteiger partial charge in [0.1, 0.15) is 12.4 Å². The van der Waals surface area contributed by atoms with E-state index in [-0.39, 0.29) is 47.3 Å². The van der Waals surface area contributed by atoms with Crippen molar-refractivity contribution in [1.82, 2.24) is 18.7 Å². The summed E-state index contributed by atoms with van der Waals surface area (Å²) in [5.41, 5.74) is -0.415. The van der Waals surface area contributed by atoms with E-state index in [0.29, 0.717) is 5.71 Å². The van der Waals surface area contributed by atoms with E-state index in [1.54, 1.807) is 11.5 Å². The summed E-state index contributed by atoms with van der Waals surface area (Å²) in [6.07, 6.45) is 0. The smallest absolute Gasteiger partial charge is 0.332 e. The summed E-state index contributed by atoms with van der Waals surface area (Å²) < 4.78 is 22.7. The lowest BCUT2D eigenvalue weighted by molar-refractivity contribution is -0.139. The molecule has 0 saturated heterocycles. The molecule has 1 aromatic carbocycles. The molecule has 0 aliphatic carbocycles. The SMILES string of the molecule is COC(=O)CN1N=C(C)Cn2c1nc1c2c(=O)n(Cc2c(F)cccc2Cl)c(=O)n1C. The van der Waals surface area contributed by atoms with Gasteiger partial charge < -0.3 is 4.74 Å². The molecule has 1 aliphatic rings. The Morgan fingerprint density at radius 1 is 1.32 bits per heavy atom. The van der Waals surface area contributed by atoms with Gasteiger partial charge in [0.2, 0.25) is 5.95 Å². The van der Waals surface area contributed by atoms with Crippen LogP contribution >= 0.6 is 11.6 Å². The fraction of sp³-hybridized carbons (Fsp3) is 0.316. The van der Waals surface area contributed by atoms with Crippen LogP contribution in [-0.2, 0) is 29.7 Å². The molecule has 0 spiro atoms. The quantitative estimate of drug-likeness (QED) is 0.554. The number of anilines is 1. The van der Waals surface area contributed by atoms with Crippen molar-refractivity contribution in [3.8, 4) is 0 Å². The van der Waals surface area contributed by atoms with Gasteiger partial charge in [0.25, 0.3) is 5.56 Å². The Bertz CT molecular complexity index is 1350. The van der Waals surface area contributed by atoms with Crippen LogP contribution in [0.1, 0.15) is 12.5 Å². The maximum Gasteiger partial charge on any atom is 0.332 e. The molecular formula is C19H18ClFN6O4. The predicted octanol–water partition coefficient (Wildman–Crippen LogP) is 1.11. The number of esters is 1. The lowest BCUT2D eigenvalue weighted by atomic mass is 10.2. The molecule has 1 aliphatic heterocycles. The number of carbonyl (C=O) groups is 1. The van der Waals surface area contributed by atoms with Crippen molar-refractivity contribution in [2.24, 2.45) is 12.1 Å². The number of hydrogen-bond donors (Lipinski definition) is 0. The third-order valence-electron chi connectivity index (χ3n) is 5.01. The second-order valence-corrected chi connectivity index (χ2v) is 7.48. The van der Waals surface area contributed by atoms with Crippen molar-refractivity contribution in [1.29, 1.82) is 0 Å². The van der Waals surface area contributed by atoms with Gasteiger partial charge in [-0.2, -0.15) is 10.1 Å². The fourth-order valence-electron chi connectivity index (χ4n) is 3.49. The average Bonchev–Trinajstić information content (AvgIpc) is 3.11. The van der Waals surface area contributed by atoms with Crippen LogP contribution in [0.5, 0.6) is 0 Å². The molecule has 2 aromatic heterocycles. The molecule has 0 unspecified atom stereocenters. The van der Waals surface area contributed by atoms with Crippen molar-refractivity contribution in [3.05, 3.63) is 55.4 Å². The molecule has 0 fully saturated rings. The van der Waals surface area contributed by atoms with Crippen LogP contribution in [-0.4, -0.2) is 44.0 Å². The average molecular weight is 449 g/mol. The van der Waals surface area contributed by atoms with Gasteiger partial charge in [-0.25, -0.2) is 14.2 Å². The maximum absolute atomic E-state index is 14.3. The summed E-state index contributed by atoms with van der Waals surface area (Å²) in [7, 11) is 2.71. The molecule has 3 heterocycles. The first kappa shape index (κ1) is 20.8. The zero-order valence-corrected chi connectivity index (χ0v) is 17.7. The molecule has 0 N–H and O–H groups in total. The van der Waals surface area contributed by atoms with Gasteiger partial charge in [-0.15, -0.1) is 0 Å². The van der Waals surface area contributed by atoms with Gasteiger partial charge >= 0.3 is 11.7 Å². The number of aromatic nitrogens is 4. The topological polar surface area (TPSA) is 104 Å². The monoisotopic (exact) mass is 448 g/mol. The molecule has 31 heavy (non-hydrogen) atoms. The number of halogens is 2. The first-order chi connectivity index (χ1) is 14.7. The number of imidazole rings is 1. The lowest BCUT2D eigenvalue weighted by Crippen LogP contribution is -2.40. The highest BCUT2D eigenvalue weighted by Gasteiger charge is 2.28. The minimum absolute atomic E-state index is 0.0335. The van der Waals surface area contributed by atoms with E-state index in [4.69, 9.17) is 16.3 Å². The summed E-state index contributed by atoms with van der Waals surface area (Å²) in [6, 6.07) is 4.14. The van der Waals surface area contributed by atoms with E-state index in [1.165, 1.54) is 41.9 Å². The Labute approximate surface area is 179 Å². The van der Waals surface area contributed by atoms with Crippen molar-refractivity contribution in [2.45, 2.75) is 20.0 Å². The van der Waals surface area contributed by atoms with Gasteiger partial charge in [-0.3, -0.25) is 23.3 Å². The summed E-state index contributed by atoms with van der Waals surface area (Å²) in [4.78, 5) is 42.4. The number of rotatable bonds is 4. The summed E-state index contributed by atoms with van der Waals surface area (Å²) in [5, 5.41) is 5.72. The number of ether oxygens (including phenoxy) is 1. The van der Waals surface area contributed by atoms with Crippen molar-refractivity contribution < 1.29 is 13.9 Å². The van der Waals surface area contributed by atoms with Crippen molar-refractivity contribution in [3.63, 3.8) is 0 Å². The zero-order chi connectivity index (χ0) is 22.4. The van der Waals surface area contributed by atoms with Crippen LogP contribution in [0, 0.1) is 5.82 Å². The molecule has 0 radical (unpaired) electrons. The van der Waals surface area contributed by atoms with E-state index in [0.717, 1.165) is 4.57 Å². The summed E-state index contributed by atoms with van der Waals surface area (Å²) >= 11 is 6.09. The molecule has 3 aromatic rings. The predicted molar refractivity (Wildman–Crippen MR) is 112 cm³/mol. The maximum atomic E-state index is 14.3. The Morgan fingerprint density at radius 2 is 2.06 bits per heavy atom. The number of methoxy groups -OCH3 is 1. The van der Waals surface area contributed by atoms with Crippen LogP contribution < -0.4 is 16.3 Å². The number of fused-ring (bicyclic) bond motifs is 3. The highest BCUT2D eigenvalue weighted by atomic mass is 35.5. The largest absolute Gasteiger partial charge is 0.468 e. The van der Waals surface area contributed by atoms with Gasteiger partial charge in [0.15, 0.2) is 11.2 Å². The number of aryl methyl sites for hydroxylation is 1. The molecule has 4 rings (SSSR count). The standard InChI is InChI=1S/C19H18ClFN6O4/c1-10-7-25-15-16(22-18(25)27(23-10)9-14(28)31-3)24(2)19(30)26(17(15)29)8-11-12(20)5-4-6-13(11)21/h4-6H,7-9H2,1-3H3. The number of hydrogen-bond acceptors (Lipinski definition) is 7. The number of nitrogens with zero attached hydrogens (tertiary/aromatic N) is 6. The highest BCUT2D eigenvalue weighted by molar-refractivity contribution is 6.31. The van der Waals surface area contributed by atoms with E-state index in [2.05, 4.69) is 10.1 Å². The Hall–Kier alpha value is -3.47. The van der Waals surface area contributed by atoms with Crippen molar-refractivity contribution in [2.75, 3.05) is 18.7 Å². The van der Waals surface area contributed by atoms with E-state index < -0.39 is 23.0 Å². The molecule has 0 amide bonds. The first-order valence-electron chi connectivity index (χ1n) is 9.24. The second kappa shape index (κ2) is 7.65. The third kappa shape index (κ3) is 3.40. The molecule has 10 nitrogen and oxygen atoms in total. The number of benzene rings is 1. The number of hydrazone groups is 1. The van der Waals surface area contributed by atoms with Crippen LogP contribution in [0.25, 0.3) is 11.2 Å². The van der Waals surface area contributed by atoms with Gasteiger partial charge in [-0.05, 0) is 19.1 Å². The first-order valence-corrected chi connectivity index (χ1v) is 9.62. The van der Waals surface area contributed by atoms with Crippen molar-refractivity contribution >= 4 is 40.4 Å². The van der Waals surface area contributed by atoms with E-state index in [9.17, 15) is 18.8 Å². The molecule has 0 saturated carbocycles. The second-order valence-electron chi connectivity index (χ2n) is 7.07. The van der Waals surface area contributed by atoms with Crippen LogP contribution in [0.3, 0.4) is 0 Å². The van der Waals surface area contributed by atoms with E-state index >= 15 is 0 Å². The fourth-order valence-corrected chi connectivity index (χ4v) is 3.71. The van der Waals surface area contributed by atoms with Gasteiger partial charge in [0.05, 0.1) is 25.9 Å². The van der Waals surface area contributed by atoms with E-state index in [1.807, 2.05) is 0 Å². The molecule has 162 valence electrons. The number of carbonyl (C=O) groups excluding carboxylic acids is 1. The molecule has 0 atom stereocenters. The van der Waals surface area contributed by atoms with Gasteiger partial charge in [0, 0.05) is 17.6 Å². The minimum atomic E-state index is -0.676. The van der Waals surface area contributed by atoms with Crippen LogP contribution in [0.2, 0.25) is 5.02 Å².